The summed E-state index contributed by atoms with van der Waals surface area (Å²) in [5.74, 6) is -0.937. The van der Waals surface area contributed by atoms with E-state index in [0.29, 0.717) is 31.5 Å². The van der Waals surface area contributed by atoms with E-state index in [4.69, 9.17) is 27.9 Å². The van der Waals surface area contributed by atoms with Crippen LogP contribution in [0, 0.1) is 6.92 Å². The van der Waals surface area contributed by atoms with Crippen molar-refractivity contribution in [3.05, 3.63) is 95.9 Å². The van der Waals surface area contributed by atoms with Crippen LogP contribution >= 0.6 is 55.1 Å². The third-order valence-electron chi connectivity index (χ3n) is 5.17. The Morgan fingerprint density at radius 3 is 2.43 bits per heavy atom. The highest BCUT2D eigenvalue weighted by molar-refractivity contribution is 9.10. The third-order valence-corrected chi connectivity index (χ3v) is 7.26. The summed E-state index contributed by atoms with van der Waals surface area (Å²) in [4.78, 5) is 39.0. The molecule has 0 bridgehead atoms. The first-order chi connectivity index (χ1) is 16.6. The average molecular weight is 639 g/mol. The Balaban J connectivity index is 1.57. The molecule has 3 aromatic rings. The average Bonchev–Trinajstić information content (AvgIpc) is 2.79. The Bertz CT molecular complexity index is 1410. The monoisotopic (exact) mass is 636 g/mol. The van der Waals surface area contributed by atoms with E-state index < -0.39 is 17.8 Å². The van der Waals surface area contributed by atoms with Gasteiger partial charge in [0.1, 0.15) is 17.9 Å². The lowest BCUT2D eigenvalue weighted by atomic mass is 10.1. The minimum Gasteiger partial charge on any atom is -0.488 e. The van der Waals surface area contributed by atoms with Crippen molar-refractivity contribution in [2.75, 3.05) is 4.90 Å². The van der Waals surface area contributed by atoms with E-state index in [1.807, 2.05) is 6.92 Å². The van der Waals surface area contributed by atoms with Crippen molar-refractivity contribution in [2.24, 2.45) is 0 Å². The predicted octanol–water partition coefficient (Wildman–Crippen LogP) is 7.07. The smallest absolute Gasteiger partial charge is 0.335 e. The van der Waals surface area contributed by atoms with Gasteiger partial charge < -0.3 is 4.74 Å². The van der Waals surface area contributed by atoms with Gasteiger partial charge in [0.05, 0.1) is 10.2 Å². The van der Waals surface area contributed by atoms with Gasteiger partial charge in [-0.3, -0.25) is 14.9 Å². The van der Waals surface area contributed by atoms with Gasteiger partial charge >= 0.3 is 6.03 Å². The minimum atomic E-state index is -0.801. The summed E-state index contributed by atoms with van der Waals surface area (Å²) in [6.07, 6.45) is 1.42. The van der Waals surface area contributed by atoms with Gasteiger partial charge in [-0.1, -0.05) is 51.3 Å². The molecule has 1 fully saturated rings. The molecular formula is C25H16Br2Cl2N2O4. The summed E-state index contributed by atoms with van der Waals surface area (Å²) in [6, 6.07) is 14.5. The Morgan fingerprint density at radius 2 is 1.74 bits per heavy atom. The van der Waals surface area contributed by atoms with Crippen LogP contribution in [-0.4, -0.2) is 17.8 Å². The summed E-state index contributed by atoms with van der Waals surface area (Å²) in [5, 5.41) is 3.26. The van der Waals surface area contributed by atoms with E-state index in [-0.39, 0.29) is 12.2 Å². The molecule has 0 radical (unpaired) electrons. The molecule has 4 rings (SSSR count). The maximum absolute atomic E-state index is 13.1. The normalized spacial score (nSPS) is 14.9. The molecule has 1 saturated heterocycles. The summed E-state index contributed by atoms with van der Waals surface area (Å²) in [5.41, 5.74) is 2.36. The zero-order valence-electron chi connectivity index (χ0n) is 18.1. The lowest BCUT2D eigenvalue weighted by Gasteiger charge is -2.26. The molecule has 178 valence electrons. The van der Waals surface area contributed by atoms with Crippen molar-refractivity contribution in [2.45, 2.75) is 13.5 Å². The molecule has 6 nitrogen and oxygen atoms in total. The number of carbonyl (C=O) groups excluding carboxylic acids is 3. The second kappa shape index (κ2) is 10.5. The van der Waals surface area contributed by atoms with Crippen LogP contribution in [0.15, 0.2) is 69.1 Å². The highest BCUT2D eigenvalue weighted by Crippen LogP contribution is 2.30. The van der Waals surface area contributed by atoms with Gasteiger partial charge in [0, 0.05) is 20.1 Å². The molecule has 1 aliphatic heterocycles. The van der Waals surface area contributed by atoms with Crippen LogP contribution in [0.1, 0.15) is 16.7 Å². The zero-order valence-corrected chi connectivity index (χ0v) is 22.8. The number of carbonyl (C=O) groups is 3. The molecule has 0 atom stereocenters. The van der Waals surface area contributed by atoms with E-state index in [0.717, 1.165) is 20.5 Å². The zero-order chi connectivity index (χ0) is 25.3. The summed E-state index contributed by atoms with van der Waals surface area (Å²) in [7, 11) is 0. The number of halogens is 4. The van der Waals surface area contributed by atoms with Gasteiger partial charge in [0.2, 0.25) is 0 Å². The molecule has 0 aromatic heterocycles. The molecule has 10 heteroatoms. The van der Waals surface area contributed by atoms with Gasteiger partial charge in [-0.25, -0.2) is 9.69 Å². The van der Waals surface area contributed by atoms with E-state index >= 15 is 0 Å². The van der Waals surface area contributed by atoms with Crippen molar-refractivity contribution < 1.29 is 19.1 Å². The maximum Gasteiger partial charge on any atom is 0.335 e. The van der Waals surface area contributed by atoms with Crippen LogP contribution in [0.3, 0.4) is 0 Å². The molecule has 1 N–H and O–H groups in total. The van der Waals surface area contributed by atoms with Crippen LogP contribution in [0.4, 0.5) is 10.5 Å². The SMILES string of the molecule is Cc1cc(N2C(=O)NC(=O)/C(=C\c3ccc(OCc4ccc(Cl)cc4Cl)c(Br)c3)C2=O)ccc1Br. The molecule has 0 spiro atoms. The number of imide groups is 2. The lowest BCUT2D eigenvalue weighted by molar-refractivity contribution is -0.122. The van der Waals surface area contributed by atoms with Gasteiger partial charge in [-0.15, -0.1) is 0 Å². The topological polar surface area (TPSA) is 75.7 Å². The number of nitrogens with zero attached hydrogens (tertiary/aromatic N) is 1. The number of barbiturate groups is 1. The Labute approximate surface area is 228 Å². The Hall–Kier alpha value is -2.65. The number of hydrogen-bond acceptors (Lipinski definition) is 4. The van der Waals surface area contributed by atoms with Gasteiger partial charge in [0.15, 0.2) is 0 Å². The van der Waals surface area contributed by atoms with E-state index in [1.54, 1.807) is 54.6 Å². The minimum absolute atomic E-state index is 0.168. The van der Waals surface area contributed by atoms with Crippen molar-refractivity contribution in [1.29, 1.82) is 0 Å². The largest absolute Gasteiger partial charge is 0.488 e. The number of amides is 4. The molecule has 35 heavy (non-hydrogen) atoms. The first kappa shape index (κ1) is 25.4. The van der Waals surface area contributed by atoms with Crippen LogP contribution < -0.4 is 15.0 Å². The second-order valence-electron chi connectivity index (χ2n) is 7.61. The van der Waals surface area contributed by atoms with Gasteiger partial charge in [-0.05, 0) is 82.5 Å². The first-order valence-corrected chi connectivity index (χ1v) is 12.5. The maximum atomic E-state index is 13.1. The highest BCUT2D eigenvalue weighted by atomic mass is 79.9. The molecule has 0 saturated carbocycles. The molecular weight excluding hydrogens is 623 g/mol. The quantitative estimate of drug-likeness (QED) is 0.240. The van der Waals surface area contributed by atoms with Crippen molar-refractivity contribution in [1.82, 2.24) is 5.32 Å². The number of anilines is 1. The second-order valence-corrected chi connectivity index (χ2v) is 10.2. The highest BCUT2D eigenvalue weighted by Gasteiger charge is 2.37. The molecule has 1 heterocycles. The van der Waals surface area contributed by atoms with Crippen LogP contribution in [0.5, 0.6) is 5.75 Å². The number of hydrogen-bond donors (Lipinski definition) is 1. The Morgan fingerprint density at radius 1 is 0.971 bits per heavy atom. The molecule has 1 aliphatic rings. The summed E-state index contributed by atoms with van der Waals surface area (Å²) in [6.45, 7) is 2.06. The van der Waals surface area contributed by atoms with Crippen molar-refractivity contribution in [3.8, 4) is 5.75 Å². The molecule has 4 amide bonds. The molecule has 3 aromatic carbocycles. The fourth-order valence-corrected chi connectivity index (χ4v) is 4.57. The number of ether oxygens (including phenoxy) is 1. The third kappa shape index (κ3) is 5.62. The van der Waals surface area contributed by atoms with Crippen LogP contribution in [0.2, 0.25) is 10.0 Å². The van der Waals surface area contributed by atoms with Gasteiger partial charge in [-0.2, -0.15) is 0 Å². The van der Waals surface area contributed by atoms with Crippen LogP contribution in [-0.2, 0) is 16.2 Å². The number of nitrogens with one attached hydrogen (secondary N) is 1. The van der Waals surface area contributed by atoms with E-state index in [1.165, 1.54) is 6.08 Å². The number of rotatable bonds is 5. The Kier molecular flexibility index (Phi) is 7.66. The molecule has 0 unspecified atom stereocenters. The fourth-order valence-electron chi connectivity index (χ4n) is 3.34. The van der Waals surface area contributed by atoms with Crippen molar-refractivity contribution >= 4 is 84.7 Å². The predicted molar refractivity (Wildman–Crippen MR) is 143 cm³/mol. The molecule has 0 aliphatic carbocycles. The number of urea groups is 1. The van der Waals surface area contributed by atoms with Crippen molar-refractivity contribution in [3.63, 3.8) is 0 Å². The first-order valence-electron chi connectivity index (χ1n) is 10.2. The summed E-state index contributed by atoms with van der Waals surface area (Å²) < 4.78 is 7.29. The number of benzene rings is 3. The van der Waals surface area contributed by atoms with E-state index in [9.17, 15) is 14.4 Å². The van der Waals surface area contributed by atoms with Crippen LogP contribution in [0.25, 0.3) is 6.08 Å². The lowest BCUT2D eigenvalue weighted by Crippen LogP contribution is -2.54. The number of aryl methyl sites for hydroxylation is 1. The fraction of sp³-hybridized carbons (Fsp3) is 0.0800. The summed E-state index contributed by atoms with van der Waals surface area (Å²) >= 11 is 19.0. The standard InChI is InChI=1S/C25H16Br2Cl2N2O4/c1-13-8-17(5-6-19(13)26)31-24(33)18(23(32)30-25(31)34)9-14-2-7-22(20(27)10-14)35-12-15-3-4-16(28)11-21(15)29/h2-11H,12H2,1H3,(H,30,32,34)/b18-9+. The van der Waals surface area contributed by atoms with Gasteiger partial charge in [0.25, 0.3) is 11.8 Å². The van der Waals surface area contributed by atoms with E-state index in [2.05, 4.69) is 37.2 Å².